The molecule has 0 bridgehead atoms. The van der Waals surface area contributed by atoms with E-state index in [4.69, 9.17) is 0 Å². The molecule has 170 valence electrons. The summed E-state index contributed by atoms with van der Waals surface area (Å²) in [5.74, 6) is -8.46. The summed E-state index contributed by atoms with van der Waals surface area (Å²) in [6.07, 6.45) is -0.124. The first-order valence-electron chi connectivity index (χ1n) is 9.22. The molecule has 0 aliphatic heterocycles. The van der Waals surface area contributed by atoms with Crippen molar-refractivity contribution in [2.24, 2.45) is 11.8 Å². The molecular formula is C20H25FN2O8. The average molecular weight is 440 g/mol. The minimum absolute atomic E-state index is 0.124. The van der Waals surface area contributed by atoms with Crippen LogP contribution < -0.4 is 10.6 Å². The van der Waals surface area contributed by atoms with Crippen LogP contribution >= 0.6 is 0 Å². The van der Waals surface area contributed by atoms with Crippen LogP contribution in [0.1, 0.15) is 19.4 Å². The first-order chi connectivity index (χ1) is 14.5. The van der Waals surface area contributed by atoms with Crippen molar-refractivity contribution in [2.45, 2.75) is 32.4 Å². The number of carboxylic acids is 1. The van der Waals surface area contributed by atoms with Gasteiger partial charge in [-0.1, -0.05) is 19.1 Å². The van der Waals surface area contributed by atoms with Gasteiger partial charge in [0, 0.05) is 19.3 Å². The summed E-state index contributed by atoms with van der Waals surface area (Å²) in [6, 6.07) is 2.41. The van der Waals surface area contributed by atoms with Crippen LogP contribution in [0.2, 0.25) is 0 Å². The summed E-state index contributed by atoms with van der Waals surface area (Å²) in [4.78, 5) is 60.1. The molecule has 1 aromatic carbocycles. The number of esters is 2. The van der Waals surface area contributed by atoms with E-state index in [1.54, 1.807) is 0 Å². The monoisotopic (exact) mass is 440 g/mol. The summed E-state index contributed by atoms with van der Waals surface area (Å²) in [5, 5.41) is 14.2. The van der Waals surface area contributed by atoms with Crippen LogP contribution in [-0.2, 0) is 39.9 Å². The van der Waals surface area contributed by atoms with Gasteiger partial charge in [0.1, 0.15) is 17.9 Å². The maximum atomic E-state index is 13.5. The summed E-state index contributed by atoms with van der Waals surface area (Å²) in [7, 11) is 2.04. The number of ether oxygens (including phenoxy) is 2. The van der Waals surface area contributed by atoms with Gasteiger partial charge in [0.2, 0.25) is 11.8 Å². The van der Waals surface area contributed by atoms with Gasteiger partial charge in [0.25, 0.3) is 0 Å². The van der Waals surface area contributed by atoms with Gasteiger partial charge in [0.15, 0.2) is 5.92 Å². The Kier molecular flexibility index (Phi) is 9.58. The number of halogens is 1. The van der Waals surface area contributed by atoms with E-state index in [0.717, 1.165) is 21.1 Å². The molecule has 10 nitrogen and oxygen atoms in total. The number of hydrogen-bond acceptors (Lipinski definition) is 7. The molecule has 3 unspecified atom stereocenters. The van der Waals surface area contributed by atoms with Crippen LogP contribution in [0.5, 0.6) is 0 Å². The van der Waals surface area contributed by atoms with Crippen molar-refractivity contribution < 1.29 is 42.9 Å². The van der Waals surface area contributed by atoms with E-state index in [1.807, 2.05) is 0 Å². The topological polar surface area (TPSA) is 148 Å². The molecule has 31 heavy (non-hydrogen) atoms. The highest BCUT2D eigenvalue weighted by Crippen LogP contribution is 2.20. The number of methoxy groups -OCH3 is 2. The summed E-state index contributed by atoms with van der Waals surface area (Å²) >= 11 is 0. The van der Waals surface area contributed by atoms with E-state index in [9.17, 15) is 33.5 Å². The molecule has 0 radical (unpaired) electrons. The van der Waals surface area contributed by atoms with Crippen molar-refractivity contribution in [2.75, 3.05) is 14.2 Å². The molecule has 0 aromatic heterocycles. The molecule has 0 heterocycles. The quantitative estimate of drug-likeness (QED) is 0.341. The molecule has 3 atom stereocenters. The predicted octanol–water partition coefficient (Wildman–Crippen LogP) is 0.0406. The van der Waals surface area contributed by atoms with Crippen molar-refractivity contribution in [3.8, 4) is 0 Å². The lowest BCUT2D eigenvalue weighted by Gasteiger charge is -2.27. The molecular weight excluding hydrogens is 415 g/mol. The highest BCUT2D eigenvalue weighted by atomic mass is 19.1. The highest BCUT2D eigenvalue weighted by molar-refractivity contribution is 5.97. The molecule has 0 aliphatic carbocycles. The Balaban J connectivity index is 3.14. The van der Waals surface area contributed by atoms with Gasteiger partial charge in [-0.3, -0.25) is 19.2 Å². The van der Waals surface area contributed by atoms with Crippen LogP contribution in [0.3, 0.4) is 0 Å². The number of carbonyl (C=O) groups excluding carboxylic acids is 4. The zero-order valence-electron chi connectivity index (χ0n) is 17.5. The van der Waals surface area contributed by atoms with Crippen molar-refractivity contribution in [3.05, 3.63) is 35.6 Å². The third-order valence-electron chi connectivity index (χ3n) is 4.55. The lowest BCUT2D eigenvalue weighted by Crippen LogP contribution is -2.56. The molecule has 0 aliphatic rings. The lowest BCUT2D eigenvalue weighted by molar-refractivity contribution is -0.163. The Morgan fingerprint density at radius 1 is 1.06 bits per heavy atom. The maximum Gasteiger partial charge on any atom is 0.326 e. The second-order valence-corrected chi connectivity index (χ2v) is 6.79. The van der Waals surface area contributed by atoms with Gasteiger partial charge in [-0.05, 0) is 17.7 Å². The molecule has 0 saturated carbocycles. The standard InChI is InChI=1S/C20H25FN2O8/c1-10(15(19(28)30-3)20(29)31-4)16(18(26)27)23-17(25)14(22-11(2)24)9-12-6-5-7-13(21)8-12/h5-8,10,14-16H,9H2,1-4H3,(H,22,24)(H,23,25)(H,26,27). The lowest BCUT2D eigenvalue weighted by atomic mass is 9.87. The predicted molar refractivity (Wildman–Crippen MR) is 104 cm³/mol. The zero-order valence-corrected chi connectivity index (χ0v) is 17.5. The summed E-state index contributed by atoms with van der Waals surface area (Å²) in [6.45, 7) is 2.42. The number of carboxylic acid groups (broad SMARTS) is 1. The van der Waals surface area contributed by atoms with Crippen molar-refractivity contribution >= 4 is 29.7 Å². The normalized spacial score (nSPS) is 13.5. The second kappa shape index (κ2) is 11.6. The fourth-order valence-electron chi connectivity index (χ4n) is 3.00. The van der Waals surface area contributed by atoms with Gasteiger partial charge < -0.3 is 25.2 Å². The van der Waals surface area contributed by atoms with Gasteiger partial charge in [-0.2, -0.15) is 0 Å². The Hall–Kier alpha value is -3.50. The summed E-state index contributed by atoms with van der Waals surface area (Å²) in [5.41, 5.74) is 0.385. The number of aliphatic carboxylic acids is 1. The van der Waals surface area contributed by atoms with Gasteiger partial charge in [-0.25, -0.2) is 9.18 Å². The van der Waals surface area contributed by atoms with E-state index in [-0.39, 0.29) is 6.42 Å². The van der Waals surface area contributed by atoms with Crippen molar-refractivity contribution in [1.82, 2.24) is 10.6 Å². The molecule has 0 spiro atoms. The van der Waals surface area contributed by atoms with Crippen molar-refractivity contribution in [3.63, 3.8) is 0 Å². The smallest absolute Gasteiger partial charge is 0.326 e. The fraction of sp³-hybridized carbons (Fsp3) is 0.450. The third-order valence-corrected chi connectivity index (χ3v) is 4.55. The highest BCUT2D eigenvalue weighted by Gasteiger charge is 2.42. The molecule has 0 saturated heterocycles. The number of amides is 2. The number of hydrogen-bond donors (Lipinski definition) is 3. The minimum atomic E-state index is -1.69. The molecule has 1 rings (SSSR count). The first-order valence-corrected chi connectivity index (χ1v) is 9.22. The SMILES string of the molecule is COC(=O)C(C(=O)OC)C(C)C(NC(=O)C(Cc1cccc(F)c1)NC(C)=O)C(=O)O. The maximum absolute atomic E-state index is 13.5. The zero-order chi connectivity index (χ0) is 23.7. The Bertz CT molecular complexity index is 828. The van der Waals surface area contributed by atoms with E-state index in [0.29, 0.717) is 5.56 Å². The van der Waals surface area contributed by atoms with E-state index < -0.39 is 59.5 Å². The largest absolute Gasteiger partial charge is 0.480 e. The number of carbonyl (C=O) groups is 5. The molecule has 1 aromatic rings. The number of nitrogens with one attached hydrogen (secondary N) is 2. The molecule has 3 N–H and O–H groups in total. The van der Waals surface area contributed by atoms with Crippen molar-refractivity contribution in [1.29, 1.82) is 0 Å². The second-order valence-electron chi connectivity index (χ2n) is 6.79. The van der Waals surface area contributed by atoms with Crippen LogP contribution in [0, 0.1) is 17.7 Å². The minimum Gasteiger partial charge on any atom is -0.480 e. The molecule has 0 fully saturated rings. The van der Waals surface area contributed by atoms with E-state index in [1.165, 1.54) is 31.2 Å². The number of benzene rings is 1. The van der Waals surface area contributed by atoms with E-state index >= 15 is 0 Å². The number of rotatable bonds is 10. The van der Waals surface area contributed by atoms with Crippen LogP contribution in [0.15, 0.2) is 24.3 Å². The van der Waals surface area contributed by atoms with Gasteiger partial charge in [0.05, 0.1) is 14.2 Å². The van der Waals surface area contributed by atoms with Crippen LogP contribution in [-0.4, -0.2) is 61.1 Å². The third kappa shape index (κ3) is 7.36. The Morgan fingerprint density at radius 3 is 2.10 bits per heavy atom. The first kappa shape index (κ1) is 25.5. The van der Waals surface area contributed by atoms with Gasteiger partial charge >= 0.3 is 17.9 Å². The molecule has 2 amide bonds. The summed E-state index contributed by atoms with van der Waals surface area (Å²) < 4.78 is 22.5. The Morgan fingerprint density at radius 2 is 1.65 bits per heavy atom. The molecule has 11 heteroatoms. The average Bonchev–Trinajstić information content (AvgIpc) is 2.70. The van der Waals surface area contributed by atoms with E-state index in [2.05, 4.69) is 20.1 Å². The van der Waals surface area contributed by atoms with Crippen LogP contribution in [0.25, 0.3) is 0 Å². The Labute approximate surface area is 178 Å². The van der Waals surface area contributed by atoms with Gasteiger partial charge in [-0.15, -0.1) is 0 Å². The fourth-order valence-corrected chi connectivity index (χ4v) is 3.00. The van der Waals surface area contributed by atoms with Crippen LogP contribution in [0.4, 0.5) is 4.39 Å².